The van der Waals surface area contributed by atoms with E-state index in [0.29, 0.717) is 5.92 Å². The quantitative estimate of drug-likeness (QED) is 0.623. The van der Waals surface area contributed by atoms with E-state index in [-0.39, 0.29) is 11.9 Å². The van der Waals surface area contributed by atoms with Crippen molar-refractivity contribution in [3.05, 3.63) is 35.1 Å². The second-order valence-electron chi connectivity index (χ2n) is 5.69. The number of hydrogen-bond donors (Lipinski definition) is 2. The maximum Gasteiger partial charge on any atom is 0.123 e. The van der Waals surface area contributed by atoms with Gasteiger partial charge in [-0.15, -0.1) is 0 Å². The minimum atomic E-state index is -0.164. The second kappa shape index (κ2) is 4.07. The molecular formula is C14H19FN2. The lowest BCUT2D eigenvalue weighted by atomic mass is 9.89. The molecule has 0 heterocycles. The van der Waals surface area contributed by atoms with Crippen LogP contribution in [0.1, 0.15) is 36.4 Å². The number of aryl methyl sites for hydroxylation is 1. The summed E-state index contributed by atoms with van der Waals surface area (Å²) in [6.07, 6.45) is 3.89. The third-order valence-electron chi connectivity index (χ3n) is 4.35. The lowest BCUT2D eigenvalue weighted by Gasteiger charge is -2.24. The van der Waals surface area contributed by atoms with Crippen LogP contribution in [0.4, 0.5) is 4.39 Å². The minimum Gasteiger partial charge on any atom is -0.271 e. The van der Waals surface area contributed by atoms with Crippen molar-refractivity contribution < 1.29 is 4.39 Å². The van der Waals surface area contributed by atoms with E-state index in [9.17, 15) is 4.39 Å². The fourth-order valence-corrected chi connectivity index (χ4v) is 3.48. The van der Waals surface area contributed by atoms with Gasteiger partial charge >= 0.3 is 0 Å². The summed E-state index contributed by atoms with van der Waals surface area (Å²) < 4.78 is 13.4. The van der Waals surface area contributed by atoms with Crippen LogP contribution in [0.5, 0.6) is 0 Å². The molecule has 2 nitrogen and oxygen atoms in total. The Morgan fingerprint density at radius 2 is 1.94 bits per heavy atom. The second-order valence-corrected chi connectivity index (χ2v) is 5.69. The van der Waals surface area contributed by atoms with Crippen molar-refractivity contribution in [2.75, 3.05) is 0 Å². The molecule has 2 fully saturated rings. The number of fused-ring (bicyclic) bond motifs is 1. The number of halogens is 1. The van der Waals surface area contributed by atoms with Gasteiger partial charge in [-0.2, -0.15) is 0 Å². The largest absolute Gasteiger partial charge is 0.271 e. The predicted octanol–water partition coefficient (Wildman–Crippen LogP) is 2.68. The van der Waals surface area contributed by atoms with Gasteiger partial charge in [0.2, 0.25) is 0 Å². The van der Waals surface area contributed by atoms with Crippen molar-refractivity contribution in [2.45, 2.75) is 32.2 Å². The third kappa shape index (κ3) is 2.09. The zero-order valence-electron chi connectivity index (χ0n) is 10.1. The van der Waals surface area contributed by atoms with Gasteiger partial charge in [0, 0.05) is 6.04 Å². The predicted molar refractivity (Wildman–Crippen MR) is 65.5 cm³/mol. The summed E-state index contributed by atoms with van der Waals surface area (Å²) in [6, 6.07) is 5.32. The molecular weight excluding hydrogens is 215 g/mol. The lowest BCUT2D eigenvalue weighted by molar-refractivity contribution is 0.344. The maximum atomic E-state index is 13.4. The topological polar surface area (TPSA) is 38.0 Å². The Hall–Kier alpha value is -0.930. The molecule has 0 aromatic heterocycles. The molecule has 3 heteroatoms. The Morgan fingerprint density at radius 3 is 2.53 bits per heavy atom. The summed E-state index contributed by atoms with van der Waals surface area (Å²) >= 11 is 0. The molecule has 92 valence electrons. The molecule has 0 saturated heterocycles. The van der Waals surface area contributed by atoms with Crippen LogP contribution in [0.3, 0.4) is 0 Å². The molecule has 3 atom stereocenters. The highest BCUT2D eigenvalue weighted by Crippen LogP contribution is 2.57. The van der Waals surface area contributed by atoms with E-state index in [1.165, 1.54) is 19.3 Å². The first kappa shape index (κ1) is 11.2. The van der Waals surface area contributed by atoms with E-state index >= 15 is 0 Å². The molecule has 2 aliphatic carbocycles. The highest BCUT2D eigenvalue weighted by Gasteiger charge is 2.47. The maximum absolute atomic E-state index is 13.4. The molecule has 0 radical (unpaired) electrons. The SMILES string of the molecule is Cc1cc(F)cc(C(NN)C2CC3CC3C2)c1. The molecule has 0 aliphatic heterocycles. The molecule has 3 N–H and O–H groups in total. The van der Waals surface area contributed by atoms with E-state index in [2.05, 4.69) is 5.43 Å². The van der Waals surface area contributed by atoms with Crippen molar-refractivity contribution in [3.8, 4) is 0 Å². The normalized spacial score (nSPS) is 32.3. The van der Waals surface area contributed by atoms with E-state index in [1.807, 2.05) is 13.0 Å². The lowest BCUT2D eigenvalue weighted by Crippen LogP contribution is -2.33. The van der Waals surface area contributed by atoms with Crippen LogP contribution in [0.15, 0.2) is 18.2 Å². The minimum absolute atomic E-state index is 0.109. The van der Waals surface area contributed by atoms with E-state index in [4.69, 9.17) is 5.84 Å². The van der Waals surface area contributed by atoms with E-state index in [0.717, 1.165) is 23.0 Å². The molecule has 0 spiro atoms. The summed E-state index contributed by atoms with van der Waals surface area (Å²) in [5.41, 5.74) is 4.85. The van der Waals surface area contributed by atoms with Crippen molar-refractivity contribution in [1.82, 2.24) is 5.43 Å². The number of hydrazine groups is 1. The summed E-state index contributed by atoms with van der Waals surface area (Å²) in [6.45, 7) is 1.92. The zero-order valence-corrected chi connectivity index (χ0v) is 10.1. The van der Waals surface area contributed by atoms with Gasteiger partial charge in [0.15, 0.2) is 0 Å². The van der Waals surface area contributed by atoms with E-state index < -0.39 is 0 Å². The van der Waals surface area contributed by atoms with Gasteiger partial charge in [0.1, 0.15) is 5.82 Å². The third-order valence-corrected chi connectivity index (χ3v) is 4.35. The number of rotatable bonds is 3. The van der Waals surface area contributed by atoms with Gasteiger partial charge in [-0.3, -0.25) is 11.3 Å². The molecule has 3 unspecified atom stereocenters. The van der Waals surface area contributed by atoms with Crippen LogP contribution in [-0.2, 0) is 0 Å². The number of hydrogen-bond acceptors (Lipinski definition) is 2. The highest BCUT2D eigenvalue weighted by molar-refractivity contribution is 5.27. The summed E-state index contributed by atoms with van der Waals surface area (Å²) in [7, 11) is 0. The monoisotopic (exact) mass is 234 g/mol. The van der Waals surface area contributed by atoms with Crippen molar-refractivity contribution in [3.63, 3.8) is 0 Å². The van der Waals surface area contributed by atoms with Crippen molar-refractivity contribution >= 4 is 0 Å². The number of nitrogens with one attached hydrogen (secondary N) is 1. The van der Waals surface area contributed by atoms with Gasteiger partial charge in [-0.05, 0) is 67.2 Å². The smallest absolute Gasteiger partial charge is 0.123 e. The molecule has 17 heavy (non-hydrogen) atoms. The van der Waals surface area contributed by atoms with E-state index in [1.54, 1.807) is 12.1 Å². The first-order chi connectivity index (χ1) is 8.17. The molecule has 2 aliphatic rings. The van der Waals surface area contributed by atoms with Crippen LogP contribution in [-0.4, -0.2) is 0 Å². The van der Waals surface area contributed by atoms with Gasteiger partial charge in [0.05, 0.1) is 0 Å². The molecule has 0 bridgehead atoms. The molecule has 0 amide bonds. The zero-order chi connectivity index (χ0) is 12.0. The fraction of sp³-hybridized carbons (Fsp3) is 0.571. The van der Waals surface area contributed by atoms with Gasteiger partial charge in [0.25, 0.3) is 0 Å². The number of benzene rings is 1. The highest BCUT2D eigenvalue weighted by atomic mass is 19.1. The van der Waals surface area contributed by atoms with Gasteiger partial charge in [-0.25, -0.2) is 4.39 Å². The van der Waals surface area contributed by atoms with Crippen LogP contribution in [0.25, 0.3) is 0 Å². The Morgan fingerprint density at radius 1 is 1.24 bits per heavy atom. The van der Waals surface area contributed by atoms with Crippen LogP contribution in [0, 0.1) is 30.5 Å². The molecule has 2 saturated carbocycles. The fourth-order valence-electron chi connectivity index (χ4n) is 3.48. The number of nitrogens with two attached hydrogens (primary N) is 1. The summed E-state index contributed by atoms with van der Waals surface area (Å²) in [4.78, 5) is 0. The molecule has 1 aromatic rings. The molecule has 1 aromatic carbocycles. The Kier molecular flexibility index (Phi) is 2.68. The average Bonchev–Trinajstić information content (AvgIpc) is 2.86. The van der Waals surface area contributed by atoms with Crippen LogP contribution < -0.4 is 11.3 Å². The average molecular weight is 234 g/mol. The molecule has 3 rings (SSSR count). The Bertz CT molecular complexity index is 402. The van der Waals surface area contributed by atoms with Gasteiger partial charge < -0.3 is 0 Å². The van der Waals surface area contributed by atoms with Crippen molar-refractivity contribution in [1.29, 1.82) is 0 Å². The van der Waals surface area contributed by atoms with Crippen LogP contribution in [0.2, 0.25) is 0 Å². The summed E-state index contributed by atoms with van der Waals surface area (Å²) in [5.74, 6) is 7.93. The Balaban J connectivity index is 1.83. The van der Waals surface area contributed by atoms with Crippen molar-refractivity contribution in [2.24, 2.45) is 23.6 Å². The first-order valence-electron chi connectivity index (χ1n) is 6.40. The first-order valence-corrected chi connectivity index (χ1v) is 6.40. The Labute approximate surface area is 101 Å². The standard InChI is InChI=1S/C14H19FN2/c1-8-2-11(7-13(15)3-8)14(17-16)12-5-9-4-10(9)6-12/h2-3,7,9-10,12,14,17H,4-6,16H2,1H3. The summed E-state index contributed by atoms with van der Waals surface area (Å²) in [5, 5.41) is 0. The van der Waals surface area contributed by atoms with Crippen LogP contribution >= 0.6 is 0 Å². The van der Waals surface area contributed by atoms with Gasteiger partial charge in [-0.1, -0.05) is 6.07 Å².